The molecule has 162 valence electrons. The summed E-state index contributed by atoms with van der Waals surface area (Å²) in [6.07, 6.45) is 1.07. The number of methoxy groups -OCH3 is 1. The minimum absolute atomic E-state index is 0.313. The van der Waals surface area contributed by atoms with Gasteiger partial charge in [0.1, 0.15) is 11.5 Å². The van der Waals surface area contributed by atoms with Gasteiger partial charge in [0.25, 0.3) is 0 Å². The van der Waals surface area contributed by atoms with E-state index in [1.807, 2.05) is 32.0 Å². The monoisotopic (exact) mass is 410 g/mol. The first-order valence-electron chi connectivity index (χ1n) is 10.7. The topological polar surface area (TPSA) is 61.2 Å². The van der Waals surface area contributed by atoms with Gasteiger partial charge in [-0.3, -0.25) is 0 Å². The lowest BCUT2D eigenvalue weighted by atomic mass is 10.0. The highest BCUT2D eigenvalue weighted by atomic mass is 16.5. The number of aromatic nitrogens is 3. The highest BCUT2D eigenvalue weighted by Crippen LogP contribution is 2.37. The second-order valence-corrected chi connectivity index (χ2v) is 8.33. The van der Waals surface area contributed by atoms with Gasteiger partial charge in [-0.25, -0.2) is 0 Å². The lowest BCUT2D eigenvalue weighted by Gasteiger charge is -2.17. The molecule has 0 saturated heterocycles. The van der Waals surface area contributed by atoms with Gasteiger partial charge in [0.05, 0.1) is 25.1 Å². The van der Waals surface area contributed by atoms with Crippen LogP contribution in [-0.4, -0.2) is 34.5 Å². The van der Waals surface area contributed by atoms with Crippen LogP contribution < -0.4 is 14.8 Å². The molecule has 1 unspecified atom stereocenters. The Morgan fingerprint density at radius 1 is 1.03 bits per heavy atom. The summed E-state index contributed by atoms with van der Waals surface area (Å²) in [7, 11) is 1.69. The molecule has 1 atom stereocenters. The van der Waals surface area contributed by atoms with Crippen LogP contribution in [0.15, 0.2) is 18.2 Å². The van der Waals surface area contributed by atoms with E-state index in [4.69, 9.17) is 9.47 Å². The molecule has 0 fully saturated rings. The molecule has 1 N–H and O–H groups in total. The zero-order chi connectivity index (χ0) is 22.0. The van der Waals surface area contributed by atoms with Crippen LogP contribution in [0.5, 0.6) is 11.5 Å². The van der Waals surface area contributed by atoms with Gasteiger partial charge in [0.15, 0.2) is 5.82 Å². The van der Waals surface area contributed by atoms with Crippen LogP contribution in [0.4, 0.5) is 5.82 Å². The van der Waals surface area contributed by atoms with Gasteiger partial charge in [-0.05, 0) is 59.1 Å². The number of fused-ring (bicyclic) bond motifs is 1. The van der Waals surface area contributed by atoms with Gasteiger partial charge in [0.2, 0.25) is 0 Å². The van der Waals surface area contributed by atoms with Crippen LogP contribution in [0.3, 0.4) is 0 Å². The van der Waals surface area contributed by atoms with E-state index in [1.165, 1.54) is 0 Å². The Bertz CT molecular complexity index is 1040. The Morgan fingerprint density at radius 3 is 2.37 bits per heavy atom. The summed E-state index contributed by atoms with van der Waals surface area (Å²) in [5, 5.41) is 14.8. The zero-order valence-corrected chi connectivity index (χ0v) is 19.5. The van der Waals surface area contributed by atoms with E-state index in [-0.39, 0.29) is 0 Å². The molecule has 0 amide bonds. The summed E-state index contributed by atoms with van der Waals surface area (Å²) in [5.74, 6) is 3.03. The fraction of sp³-hybridized carbons (Fsp3) is 0.500. The summed E-state index contributed by atoms with van der Waals surface area (Å²) in [6, 6.07) is 6.29. The van der Waals surface area contributed by atoms with E-state index in [9.17, 15) is 0 Å². The third kappa shape index (κ3) is 4.09. The molecule has 0 aliphatic carbocycles. The van der Waals surface area contributed by atoms with Crippen LogP contribution in [0, 0.1) is 26.7 Å². The van der Waals surface area contributed by atoms with Crippen molar-refractivity contribution < 1.29 is 9.47 Å². The number of benzene rings is 1. The first kappa shape index (κ1) is 21.9. The van der Waals surface area contributed by atoms with Crippen molar-refractivity contribution in [3.63, 3.8) is 0 Å². The third-order valence-electron chi connectivity index (χ3n) is 5.45. The molecule has 1 aromatic carbocycles. The smallest absolute Gasteiger partial charge is 0.158 e. The molecule has 0 bridgehead atoms. The minimum Gasteiger partial charge on any atom is -0.494 e. The predicted molar refractivity (Wildman–Crippen MR) is 123 cm³/mol. The largest absolute Gasteiger partial charge is 0.494 e. The first-order valence-corrected chi connectivity index (χ1v) is 10.7. The molecule has 6 heteroatoms. The lowest BCUT2D eigenvalue weighted by molar-refractivity contribution is 0.336. The molecule has 2 aromatic heterocycles. The molecule has 3 rings (SSSR count). The Balaban J connectivity index is 2.18. The fourth-order valence-corrected chi connectivity index (χ4v) is 4.36. The summed E-state index contributed by atoms with van der Waals surface area (Å²) in [6.45, 7) is 15.5. The number of aryl methyl sites for hydroxylation is 3. The van der Waals surface area contributed by atoms with Crippen molar-refractivity contribution in [3.05, 3.63) is 35.3 Å². The van der Waals surface area contributed by atoms with Crippen molar-refractivity contribution in [2.45, 2.75) is 60.9 Å². The zero-order valence-electron chi connectivity index (χ0n) is 19.5. The molecule has 0 spiro atoms. The molecule has 0 radical (unpaired) electrons. The standard InChI is InChI=1S/C24H34N4O2/c1-9-30-19-10-11-20(21(13-19)29-8)28-17(6)22-16(5)26-27-24(23(22)18(28)7)25-15(4)12-14(2)3/h10-11,13-15H,9,12H2,1-8H3,(H,25,27). The minimum atomic E-state index is 0.313. The van der Waals surface area contributed by atoms with Crippen molar-refractivity contribution >= 4 is 16.6 Å². The Labute approximate surface area is 179 Å². The van der Waals surface area contributed by atoms with Gasteiger partial charge in [-0.15, -0.1) is 5.10 Å². The van der Waals surface area contributed by atoms with Gasteiger partial charge in [0, 0.05) is 34.3 Å². The second-order valence-electron chi connectivity index (χ2n) is 8.33. The number of nitrogens with one attached hydrogen (secondary N) is 1. The van der Waals surface area contributed by atoms with Crippen LogP contribution in [0.25, 0.3) is 16.5 Å². The van der Waals surface area contributed by atoms with Crippen LogP contribution in [0.2, 0.25) is 0 Å². The normalized spacial score (nSPS) is 12.4. The van der Waals surface area contributed by atoms with Crippen molar-refractivity contribution in [1.82, 2.24) is 14.8 Å². The fourth-order valence-electron chi connectivity index (χ4n) is 4.36. The van der Waals surface area contributed by atoms with E-state index in [2.05, 4.69) is 54.7 Å². The SMILES string of the molecule is CCOc1ccc(-n2c(C)c3c(C)nnc(NC(C)CC(C)C)c3c2C)c(OC)c1. The third-order valence-corrected chi connectivity index (χ3v) is 5.45. The molecule has 0 aliphatic rings. The molecule has 0 aliphatic heterocycles. The van der Waals surface area contributed by atoms with E-state index in [0.29, 0.717) is 18.6 Å². The van der Waals surface area contributed by atoms with Gasteiger partial charge >= 0.3 is 0 Å². The maximum absolute atomic E-state index is 5.71. The Kier molecular flexibility index (Phi) is 6.54. The van der Waals surface area contributed by atoms with Gasteiger partial charge in [-0.1, -0.05) is 13.8 Å². The highest BCUT2D eigenvalue weighted by Gasteiger charge is 2.22. The number of hydrogen-bond acceptors (Lipinski definition) is 5. The number of rotatable bonds is 8. The number of anilines is 1. The van der Waals surface area contributed by atoms with Crippen molar-refractivity contribution in [3.8, 4) is 17.2 Å². The summed E-state index contributed by atoms with van der Waals surface area (Å²) < 4.78 is 13.6. The van der Waals surface area contributed by atoms with Crippen molar-refractivity contribution in [2.24, 2.45) is 5.92 Å². The number of hydrogen-bond donors (Lipinski definition) is 1. The predicted octanol–water partition coefficient (Wildman–Crippen LogP) is 5.60. The van der Waals surface area contributed by atoms with Crippen molar-refractivity contribution in [1.29, 1.82) is 0 Å². The van der Waals surface area contributed by atoms with E-state index in [0.717, 1.165) is 57.3 Å². The summed E-state index contributed by atoms with van der Waals surface area (Å²) >= 11 is 0. The number of nitrogens with zero attached hydrogens (tertiary/aromatic N) is 3. The molecule has 0 saturated carbocycles. The summed E-state index contributed by atoms with van der Waals surface area (Å²) in [5.41, 5.74) is 4.14. The average Bonchev–Trinajstić information content (AvgIpc) is 2.95. The van der Waals surface area contributed by atoms with Crippen LogP contribution in [0.1, 0.15) is 51.2 Å². The first-order chi connectivity index (χ1) is 14.3. The lowest BCUT2D eigenvalue weighted by Crippen LogP contribution is -2.19. The van der Waals surface area contributed by atoms with E-state index >= 15 is 0 Å². The van der Waals surface area contributed by atoms with Crippen LogP contribution in [-0.2, 0) is 0 Å². The molecule has 3 aromatic rings. The number of ether oxygens (including phenoxy) is 2. The molecular formula is C24H34N4O2. The Morgan fingerprint density at radius 2 is 1.73 bits per heavy atom. The Hall–Kier alpha value is -2.76. The highest BCUT2D eigenvalue weighted by molar-refractivity contribution is 5.98. The molecule has 30 heavy (non-hydrogen) atoms. The van der Waals surface area contributed by atoms with Crippen LogP contribution >= 0.6 is 0 Å². The van der Waals surface area contributed by atoms with Crippen molar-refractivity contribution in [2.75, 3.05) is 19.0 Å². The summed E-state index contributed by atoms with van der Waals surface area (Å²) in [4.78, 5) is 0. The maximum atomic E-state index is 5.71. The van der Waals surface area contributed by atoms with E-state index in [1.54, 1.807) is 7.11 Å². The molecule has 6 nitrogen and oxygen atoms in total. The van der Waals surface area contributed by atoms with Gasteiger partial charge in [-0.2, -0.15) is 5.10 Å². The molecule has 2 heterocycles. The maximum Gasteiger partial charge on any atom is 0.158 e. The molecular weight excluding hydrogens is 376 g/mol. The quantitative estimate of drug-likeness (QED) is 0.524. The van der Waals surface area contributed by atoms with E-state index < -0.39 is 0 Å². The average molecular weight is 411 g/mol. The van der Waals surface area contributed by atoms with Gasteiger partial charge < -0.3 is 19.4 Å². The second kappa shape index (κ2) is 8.94.